The quantitative estimate of drug-likeness (QED) is 0.144. The van der Waals surface area contributed by atoms with Gasteiger partial charge in [0.25, 0.3) is 0 Å². The lowest BCUT2D eigenvalue weighted by Crippen LogP contribution is -2.62. The average Bonchev–Trinajstić information content (AvgIpc) is 3.42. The minimum absolute atomic E-state index is 0.0319. The Kier molecular flexibility index (Phi) is 14.9. The van der Waals surface area contributed by atoms with Gasteiger partial charge in [-0.1, -0.05) is 53.9 Å². The summed E-state index contributed by atoms with van der Waals surface area (Å²) in [5.74, 6) is -6.27. The molecule has 2 saturated carbocycles. The molecule has 1 heterocycles. The van der Waals surface area contributed by atoms with Crippen LogP contribution in [0.3, 0.4) is 0 Å². The van der Waals surface area contributed by atoms with Gasteiger partial charge in [-0.05, 0) is 60.0 Å². The molecule has 58 heavy (non-hydrogen) atoms. The van der Waals surface area contributed by atoms with Crippen molar-refractivity contribution in [3.05, 3.63) is 34.9 Å². The molecular weight excluding hydrogens is 789 g/mol. The van der Waals surface area contributed by atoms with Crippen LogP contribution in [0.4, 0.5) is 22.4 Å². The van der Waals surface area contributed by atoms with Crippen LogP contribution in [-0.4, -0.2) is 118 Å². The Morgan fingerprint density at radius 2 is 1.60 bits per heavy atom. The summed E-state index contributed by atoms with van der Waals surface area (Å²) in [6.07, 6.45) is 0.355. The van der Waals surface area contributed by atoms with E-state index in [1.54, 1.807) is 0 Å². The van der Waals surface area contributed by atoms with E-state index in [1.165, 1.54) is 11.9 Å². The molecule has 5 amide bonds. The number of nitrogens with one attached hydrogen (secondary N) is 4. The number of likely N-dealkylation sites (N-methyl/N-ethyl adjacent to an activating group) is 1. The lowest BCUT2D eigenvalue weighted by molar-refractivity contribution is -0.144. The van der Waals surface area contributed by atoms with Crippen LogP contribution in [0.25, 0.3) is 0 Å². The van der Waals surface area contributed by atoms with Gasteiger partial charge in [-0.25, -0.2) is 39.9 Å². The number of benzene rings is 1. The van der Waals surface area contributed by atoms with Crippen molar-refractivity contribution in [2.45, 2.75) is 110 Å². The number of alkyl halides is 2. The highest BCUT2D eigenvalue weighted by Crippen LogP contribution is 2.65. The van der Waals surface area contributed by atoms with Crippen molar-refractivity contribution >= 4 is 39.7 Å². The summed E-state index contributed by atoms with van der Waals surface area (Å²) in [6.45, 7) is 9.09. The number of carbonyl (C=O) groups is 5. The number of amides is 5. The van der Waals surface area contributed by atoms with Crippen LogP contribution in [0.2, 0.25) is 0 Å². The number of fused-ring (bicyclic) bond motifs is 1. The molecule has 0 bridgehead atoms. The van der Waals surface area contributed by atoms with E-state index in [1.807, 2.05) is 34.6 Å². The van der Waals surface area contributed by atoms with E-state index in [9.17, 15) is 50.0 Å². The third kappa shape index (κ3) is 11.2. The molecule has 0 aromatic heterocycles. The van der Waals surface area contributed by atoms with Gasteiger partial charge in [-0.2, -0.15) is 0 Å². The standard InChI is InChI=1S/C39H58F4N6O8S/c1-38(2,3)28(20-48(6)58(8,55)56)46-37(54)47-31(21-12-10-9-11-13-21)35(52)49-19-24-30(39(24,4)5)32(49)34(51)45-27(18-29(42)43)33(50)44-15-14-23-25(40)16-22(17-26(23)41)36(53)57-7/h16-17,21,24,27-32H,9-15,18-20H2,1-8H3,(H,44,50)(H,45,51)(H2,46,47,54)/t24-,27-,28+,30-,31-,32-/m0/s1. The van der Waals surface area contributed by atoms with Crippen LogP contribution in [0, 0.1) is 40.2 Å². The maximum absolute atomic E-state index is 14.6. The molecule has 2 aliphatic carbocycles. The smallest absolute Gasteiger partial charge is 0.338 e. The van der Waals surface area contributed by atoms with Gasteiger partial charge < -0.3 is 30.9 Å². The summed E-state index contributed by atoms with van der Waals surface area (Å²) >= 11 is 0. The molecule has 6 atom stereocenters. The Balaban J connectivity index is 1.52. The Morgan fingerprint density at radius 1 is 1.00 bits per heavy atom. The highest BCUT2D eigenvalue weighted by atomic mass is 32.2. The van der Waals surface area contributed by atoms with Gasteiger partial charge in [-0.15, -0.1) is 0 Å². The molecule has 0 radical (unpaired) electrons. The molecule has 19 heteroatoms. The normalized spacial score (nSPS) is 22.1. The maximum atomic E-state index is 14.6. The van der Waals surface area contributed by atoms with Crippen LogP contribution >= 0.6 is 0 Å². The molecule has 326 valence electrons. The van der Waals surface area contributed by atoms with Crippen LogP contribution in [-0.2, 0) is 35.6 Å². The predicted octanol–water partition coefficient (Wildman–Crippen LogP) is 3.59. The SMILES string of the molecule is COC(=O)c1cc(F)c(CCNC(=O)[C@H](CC(F)F)NC(=O)[C@@H]2[C@@H]3[C@H](CN2C(=O)[C@@H](NC(=O)N[C@H](CN(C)S(C)(=O)=O)C(C)(C)C)C2CCCCC2)C3(C)C)c(F)c1. The highest BCUT2D eigenvalue weighted by molar-refractivity contribution is 7.88. The van der Waals surface area contributed by atoms with Crippen LogP contribution in [0.5, 0.6) is 0 Å². The van der Waals surface area contributed by atoms with Gasteiger partial charge in [0.1, 0.15) is 29.8 Å². The number of sulfonamides is 1. The van der Waals surface area contributed by atoms with Crippen molar-refractivity contribution < 1.29 is 54.7 Å². The van der Waals surface area contributed by atoms with E-state index >= 15 is 0 Å². The summed E-state index contributed by atoms with van der Waals surface area (Å²) < 4.78 is 86.9. The van der Waals surface area contributed by atoms with Crippen molar-refractivity contribution in [2.24, 2.45) is 28.6 Å². The molecule has 4 rings (SSSR count). The van der Waals surface area contributed by atoms with E-state index in [2.05, 4.69) is 26.0 Å². The van der Waals surface area contributed by atoms with Crippen molar-refractivity contribution in [1.29, 1.82) is 0 Å². The minimum Gasteiger partial charge on any atom is -0.465 e. The zero-order valence-electron chi connectivity index (χ0n) is 34.4. The van der Waals surface area contributed by atoms with Crippen molar-refractivity contribution in [2.75, 3.05) is 40.0 Å². The van der Waals surface area contributed by atoms with E-state index in [4.69, 9.17) is 0 Å². The van der Waals surface area contributed by atoms with Gasteiger partial charge >= 0.3 is 12.0 Å². The number of halogens is 4. The number of hydrogen-bond donors (Lipinski definition) is 4. The molecule has 1 aromatic carbocycles. The fraction of sp³-hybridized carbons (Fsp3) is 0.718. The van der Waals surface area contributed by atoms with E-state index in [0.717, 1.165) is 49.1 Å². The topological polar surface area (TPSA) is 183 Å². The number of ether oxygens (including phenoxy) is 1. The van der Waals surface area contributed by atoms with Crippen LogP contribution < -0.4 is 21.3 Å². The van der Waals surface area contributed by atoms with Crippen molar-refractivity contribution in [3.8, 4) is 0 Å². The van der Waals surface area contributed by atoms with Crippen LogP contribution in [0.1, 0.15) is 89.1 Å². The summed E-state index contributed by atoms with van der Waals surface area (Å²) in [4.78, 5) is 68.7. The lowest BCUT2D eigenvalue weighted by atomic mass is 9.83. The number of rotatable bonds is 16. The van der Waals surface area contributed by atoms with E-state index < -0.39 is 118 Å². The van der Waals surface area contributed by atoms with Crippen molar-refractivity contribution in [1.82, 2.24) is 30.5 Å². The molecule has 3 aliphatic rings. The number of carbonyl (C=O) groups excluding carboxylic acids is 5. The fourth-order valence-corrected chi connectivity index (χ4v) is 8.71. The van der Waals surface area contributed by atoms with Gasteiger partial charge in [0.05, 0.1) is 18.9 Å². The molecule has 4 N–H and O–H groups in total. The predicted molar refractivity (Wildman–Crippen MR) is 206 cm³/mol. The Labute approximate surface area is 338 Å². The minimum atomic E-state index is -3.57. The van der Waals surface area contributed by atoms with E-state index in [0.29, 0.717) is 12.8 Å². The number of urea groups is 1. The number of likely N-dealkylation sites (tertiary alicyclic amines) is 1. The number of nitrogens with zero attached hydrogens (tertiary/aromatic N) is 2. The first-order chi connectivity index (χ1) is 26.9. The molecule has 0 unspecified atom stereocenters. The number of esters is 1. The molecule has 14 nitrogen and oxygen atoms in total. The Morgan fingerprint density at radius 3 is 2.14 bits per heavy atom. The molecular formula is C39H58F4N6O8S. The first kappa shape index (κ1) is 46.7. The molecule has 1 aliphatic heterocycles. The molecule has 0 spiro atoms. The third-order valence-electron chi connectivity index (χ3n) is 12.1. The fourth-order valence-electron chi connectivity index (χ4n) is 8.29. The summed E-state index contributed by atoms with van der Waals surface area (Å²) in [7, 11) is -1.12. The first-order valence-corrected chi connectivity index (χ1v) is 21.4. The zero-order valence-corrected chi connectivity index (χ0v) is 35.2. The summed E-state index contributed by atoms with van der Waals surface area (Å²) in [6, 6.07) is -3.78. The maximum Gasteiger partial charge on any atom is 0.338 e. The first-order valence-electron chi connectivity index (χ1n) is 19.6. The largest absolute Gasteiger partial charge is 0.465 e. The second kappa shape index (κ2) is 18.5. The Hall–Kier alpha value is -4.00. The zero-order chi connectivity index (χ0) is 43.5. The second-order valence-electron chi connectivity index (χ2n) is 17.5. The monoisotopic (exact) mass is 846 g/mol. The highest BCUT2D eigenvalue weighted by Gasteiger charge is 2.69. The summed E-state index contributed by atoms with van der Waals surface area (Å²) in [5, 5.41) is 10.5. The van der Waals surface area contributed by atoms with Gasteiger partial charge in [0.2, 0.25) is 34.2 Å². The molecule has 3 fully saturated rings. The van der Waals surface area contributed by atoms with Gasteiger partial charge in [-0.3, -0.25) is 14.4 Å². The van der Waals surface area contributed by atoms with E-state index in [-0.39, 0.29) is 36.4 Å². The Bertz CT molecular complexity index is 1800. The number of piperidine rings is 1. The number of methoxy groups -OCH3 is 1. The second-order valence-corrected chi connectivity index (χ2v) is 19.6. The lowest BCUT2D eigenvalue weighted by Gasteiger charge is -2.38. The number of hydrogen-bond acceptors (Lipinski definition) is 8. The summed E-state index contributed by atoms with van der Waals surface area (Å²) in [5.41, 5.74) is -1.81. The molecule has 1 aromatic rings. The van der Waals surface area contributed by atoms with Crippen LogP contribution in [0.15, 0.2) is 12.1 Å². The third-order valence-corrected chi connectivity index (χ3v) is 13.4. The molecule has 1 saturated heterocycles. The van der Waals surface area contributed by atoms with Gasteiger partial charge in [0, 0.05) is 44.7 Å². The van der Waals surface area contributed by atoms with Crippen molar-refractivity contribution in [3.63, 3.8) is 0 Å². The van der Waals surface area contributed by atoms with Gasteiger partial charge in [0.15, 0.2) is 0 Å². The average molecular weight is 847 g/mol.